The van der Waals surface area contributed by atoms with Crippen LogP contribution in [0.1, 0.15) is 17.4 Å². The van der Waals surface area contributed by atoms with Gasteiger partial charge in [-0.1, -0.05) is 0 Å². The van der Waals surface area contributed by atoms with Gasteiger partial charge in [0.25, 0.3) is 5.89 Å². The molecule has 0 bridgehead atoms. The van der Waals surface area contributed by atoms with Crippen molar-refractivity contribution in [1.82, 2.24) is 15.5 Å². The summed E-state index contributed by atoms with van der Waals surface area (Å²) in [5.74, 6) is 5.64. The molecule has 19 heavy (non-hydrogen) atoms. The summed E-state index contributed by atoms with van der Waals surface area (Å²) in [5, 5.41) is 11.4. The van der Waals surface area contributed by atoms with E-state index in [1.165, 1.54) is 0 Å². The average molecular weight is 279 g/mol. The lowest BCUT2D eigenvalue weighted by Crippen LogP contribution is -2.43. The maximum atomic E-state index is 5.68. The Morgan fingerprint density at radius 1 is 1.32 bits per heavy atom. The van der Waals surface area contributed by atoms with E-state index in [0.29, 0.717) is 11.8 Å². The van der Waals surface area contributed by atoms with Gasteiger partial charge in [-0.15, -0.1) is 10.2 Å². The van der Waals surface area contributed by atoms with Crippen molar-refractivity contribution >= 4 is 11.8 Å². The average Bonchev–Trinajstić information content (AvgIpc) is 2.89. The molecule has 0 radical (unpaired) electrons. The van der Waals surface area contributed by atoms with Crippen molar-refractivity contribution in [2.24, 2.45) is 5.92 Å². The molecule has 0 atom stereocenters. The number of nitrogens with one attached hydrogen (secondary N) is 1. The smallest absolute Gasteiger partial charge is 0.251 e. The van der Waals surface area contributed by atoms with Gasteiger partial charge < -0.3 is 14.2 Å². The highest BCUT2D eigenvalue weighted by atomic mass is 32.2. The zero-order valence-electron chi connectivity index (χ0n) is 11.1. The van der Waals surface area contributed by atoms with E-state index >= 15 is 0 Å². The monoisotopic (exact) mass is 279 g/mol. The normalized spacial score (nSPS) is 15.7. The topological polar surface area (TPSA) is 64.1 Å². The number of hydrogen-bond donors (Lipinski definition) is 1. The van der Waals surface area contributed by atoms with Crippen LogP contribution >= 0.6 is 11.8 Å². The Morgan fingerprint density at radius 2 is 2.16 bits per heavy atom. The number of hydrogen-bond acceptors (Lipinski definition) is 6. The summed E-state index contributed by atoms with van der Waals surface area (Å²) in [7, 11) is 0. The lowest BCUT2D eigenvalue weighted by Gasteiger charge is -2.26. The van der Waals surface area contributed by atoms with E-state index in [-0.39, 0.29) is 0 Å². The van der Waals surface area contributed by atoms with Gasteiger partial charge in [-0.2, -0.15) is 11.8 Å². The Balaban J connectivity index is 1.60. The summed E-state index contributed by atoms with van der Waals surface area (Å²) >= 11 is 1.85. The van der Waals surface area contributed by atoms with Crippen LogP contribution in [0, 0.1) is 19.8 Å². The van der Waals surface area contributed by atoms with Gasteiger partial charge >= 0.3 is 0 Å². The van der Waals surface area contributed by atoms with Gasteiger partial charge in [0.15, 0.2) is 0 Å². The fourth-order valence-electron chi connectivity index (χ4n) is 2.04. The first-order valence-electron chi connectivity index (χ1n) is 6.40. The molecule has 0 amide bonds. The first-order valence-corrected chi connectivity index (χ1v) is 7.56. The van der Waals surface area contributed by atoms with Gasteiger partial charge in [0.05, 0.1) is 11.3 Å². The third-order valence-electron chi connectivity index (χ3n) is 3.18. The minimum atomic E-state index is 0.551. The van der Waals surface area contributed by atoms with Crippen molar-refractivity contribution in [3.05, 3.63) is 23.5 Å². The van der Waals surface area contributed by atoms with E-state index in [1.807, 2.05) is 31.7 Å². The van der Waals surface area contributed by atoms with E-state index in [4.69, 9.17) is 8.83 Å². The van der Waals surface area contributed by atoms with Crippen LogP contribution in [0.5, 0.6) is 0 Å². The second-order valence-corrected chi connectivity index (χ2v) is 5.90. The summed E-state index contributed by atoms with van der Waals surface area (Å²) in [6.07, 6.45) is 0. The summed E-state index contributed by atoms with van der Waals surface area (Å²) in [6, 6.07) is 1.93. The highest BCUT2D eigenvalue weighted by molar-refractivity contribution is 7.98. The maximum Gasteiger partial charge on any atom is 0.251 e. The third kappa shape index (κ3) is 2.84. The van der Waals surface area contributed by atoms with Crippen molar-refractivity contribution in [3.8, 4) is 11.5 Å². The van der Waals surface area contributed by atoms with Crippen LogP contribution in [0.4, 0.5) is 0 Å². The highest BCUT2D eigenvalue weighted by Gasteiger charge is 2.18. The molecule has 2 aromatic heterocycles. The van der Waals surface area contributed by atoms with Gasteiger partial charge in [0.1, 0.15) is 11.5 Å². The molecule has 1 saturated heterocycles. The van der Waals surface area contributed by atoms with Crippen molar-refractivity contribution < 1.29 is 8.83 Å². The number of rotatable bonds is 5. The van der Waals surface area contributed by atoms with Crippen molar-refractivity contribution in [3.63, 3.8) is 0 Å². The maximum absolute atomic E-state index is 5.68. The summed E-state index contributed by atoms with van der Waals surface area (Å²) in [5.41, 5.74) is 0.893. The predicted octanol–water partition coefficient (Wildman–Crippen LogP) is 2.40. The first-order chi connectivity index (χ1) is 9.22. The van der Waals surface area contributed by atoms with Gasteiger partial charge in [0, 0.05) is 0 Å². The summed E-state index contributed by atoms with van der Waals surface area (Å²) < 4.78 is 11.2. The van der Waals surface area contributed by atoms with E-state index in [0.717, 1.165) is 47.6 Å². The zero-order chi connectivity index (χ0) is 13.2. The number of aromatic nitrogens is 2. The molecule has 102 valence electrons. The Bertz CT molecular complexity index is 560. The minimum Gasteiger partial charge on any atom is -0.466 e. The lowest BCUT2D eigenvalue weighted by atomic mass is 10.1. The Kier molecular flexibility index (Phi) is 3.61. The Labute approximate surface area is 116 Å². The molecule has 0 saturated carbocycles. The molecule has 6 heteroatoms. The SMILES string of the molecule is Cc1cc(-c2nnc(CSCC3CNC3)o2)c(C)o1. The molecule has 3 rings (SSSR count). The fourth-order valence-corrected chi connectivity index (χ4v) is 3.02. The van der Waals surface area contributed by atoms with Crippen molar-refractivity contribution in [2.75, 3.05) is 18.8 Å². The van der Waals surface area contributed by atoms with Gasteiger partial charge in [-0.05, 0) is 44.7 Å². The van der Waals surface area contributed by atoms with E-state index in [2.05, 4.69) is 15.5 Å². The summed E-state index contributed by atoms with van der Waals surface area (Å²) in [4.78, 5) is 0. The first kappa shape index (κ1) is 12.7. The van der Waals surface area contributed by atoms with Crippen LogP contribution in [0.15, 0.2) is 14.9 Å². The second-order valence-electron chi connectivity index (χ2n) is 4.87. The molecule has 0 spiro atoms. The van der Waals surface area contributed by atoms with Crippen LogP contribution in [0.2, 0.25) is 0 Å². The molecular weight excluding hydrogens is 262 g/mol. The fraction of sp³-hybridized carbons (Fsp3) is 0.538. The van der Waals surface area contributed by atoms with Crippen molar-refractivity contribution in [1.29, 1.82) is 0 Å². The molecule has 5 nitrogen and oxygen atoms in total. The molecular formula is C13H17N3O2S. The second kappa shape index (κ2) is 5.38. The van der Waals surface area contributed by atoms with Gasteiger partial charge in [0.2, 0.25) is 5.89 Å². The Morgan fingerprint density at radius 3 is 2.79 bits per heavy atom. The van der Waals surface area contributed by atoms with Gasteiger partial charge in [-0.25, -0.2) is 0 Å². The highest BCUT2D eigenvalue weighted by Crippen LogP contribution is 2.26. The van der Waals surface area contributed by atoms with Crippen LogP contribution in [0.25, 0.3) is 11.5 Å². The lowest BCUT2D eigenvalue weighted by molar-refractivity contribution is 0.385. The quantitative estimate of drug-likeness (QED) is 0.906. The van der Waals surface area contributed by atoms with E-state index in [1.54, 1.807) is 0 Å². The van der Waals surface area contributed by atoms with Crippen LogP contribution < -0.4 is 5.32 Å². The number of thioether (sulfide) groups is 1. The van der Waals surface area contributed by atoms with Crippen LogP contribution in [0.3, 0.4) is 0 Å². The third-order valence-corrected chi connectivity index (χ3v) is 4.34. The largest absolute Gasteiger partial charge is 0.466 e. The number of furan rings is 1. The molecule has 3 heterocycles. The molecule has 1 aliphatic heterocycles. The van der Waals surface area contributed by atoms with Crippen molar-refractivity contribution in [2.45, 2.75) is 19.6 Å². The number of aryl methyl sites for hydroxylation is 2. The minimum absolute atomic E-state index is 0.551. The zero-order valence-corrected chi connectivity index (χ0v) is 11.9. The molecule has 1 N–H and O–H groups in total. The number of nitrogens with zero attached hydrogens (tertiary/aromatic N) is 2. The molecule has 1 fully saturated rings. The Hall–Kier alpha value is -1.27. The summed E-state index contributed by atoms with van der Waals surface area (Å²) in [6.45, 7) is 6.09. The standard InChI is InChI=1S/C13H17N3O2S/c1-8-3-11(9(2)17-8)13-16-15-12(18-13)7-19-6-10-4-14-5-10/h3,10,14H,4-7H2,1-2H3. The molecule has 0 aromatic carbocycles. The molecule has 0 aliphatic carbocycles. The van der Waals surface area contributed by atoms with Gasteiger partial charge in [-0.3, -0.25) is 0 Å². The van der Waals surface area contributed by atoms with E-state index < -0.39 is 0 Å². The van der Waals surface area contributed by atoms with E-state index in [9.17, 15) is 0 Å². The molecule has 0 unspecified atom stereocenters. The predicted molar refractivity (Wildman–Crippen MR) is 74.0 cm³/mol. The van der Waals surface area contributed by atoms with Crippen LogP contribution in [-0.2, 0) is 5.75 Å². The molecule has 1 aliphatic rings. The molecule has 2 aromatic rings. The van der Waals surface area contributed by atoms with Crippen LogP contribution in [-0.4, -0.2) is 29.0 Å².